The SMILES string of the molecule is O=C1O[C@@H]2[C@@H](O1)[C@H](Sc1ccccc1)O[C@H](COCc1ccccc1)[C@H]2OCc1ccccc1. The summed E-state index contributed by atoms with van der Waals surface area (Å²) in [6.45, 7) is 1.11. The molecule has 0 radical (unpaired) electrons. The zero-order valence-corrected chi connectivity index (χ0v) is 19.3. The second-order valence-electron chi connectivity index (χ2n) is 8.15. The summed E-state index contributed by atoms with van der Waals surface area (Å²) in [5.41, 5.74) is 1.65. The molecule has 3 aromatic rings. The van der Waals surface area contributed by atoms with Crippen LogP contribution in [-0.2, 0) is 36.9 Å². The van der Waals surface area contributed by atoms with Gasteiger partial charge in [0.25, 0.3) is 0 Å². The predicted octanol–water partition coefficient (Wildman–Crippen LogP) is 5.21. The third kappa shape index (κ3) is 5.62. The Morgan fingerprint density at radius 3 is 2.00 bits per heavy atom. The van der Waals surface area contributed by atoms with E-state index < -0.39 is 36.0 Å². The summed E-state index contributed by atoms with van der Waals surface area (Å²) in [6, 6.07) is 29.7. The Kier molecular flexibility index (Phi) is 7.46. The number of carbonyl (C=O) groups is 1. The van der Waals surface area contributed by atoms with Gasteiger partial charge in [0, 0.05) is 4.90 Å². The minimum Gasteiger partial charge on any atom is -0.424 e. The molecule has 0 bridgehead atoms. The Hall–Kier alpha value is -2.84. The maximum absolute atomic E-state index is 12.1. The van der Waals surface area contributed by atoms with E-state index in [9.17, 15) is 4.79 Å². The van der Waals surface area contributed by atoms with Crippen molar-refractivity contribution in [2.24, 2.45) is 0 Å². The molecule has 5 rings (SSSR count). The number of hydrogen-bond donors (Lipinski definition) is 0. The molecule has 0 spiro atoms. The van der Waals surface area contributed by atoms with Gasteiger partial charge in [-0.05, 0) is 23.3 Å². The number of thioether (sulfide) groups is 1. The fourth-order valence-corrected chi connectivity index (χ4v) is 5.21. The Morgan fingerprint density at radius 2 is 1.32 bits per heavy atom. The van der Waals surface area contributed by atoms with Crippen molar-refractivity contribution in [3.8, 4) is 0 Å². The molecule has 7 heteroatoms. The number of ether oxygens (including phenoxy) is 5. The van der Waals surface area contributed by atoms with Gasteiger partial charge in [0.05, 0.1) is 19.8 Å². The Labute approximate surface area is 203 Å². The molecule has 0 amide bonds. The molecule has 0 aliphatic carbocycles. The molecule has 2 saturated heterocycles. The van der Waals surface area contributed by atoms with Gasteiger partial charge in [0.1, 0.15) is 17.6 Å². The number of fused-ring (bicyclic) bond motifs is 1. The molecular weight excluding hydrogens is 452 g/mol. The van der Waals surface area contributed by atoms with E-state index in [2.05, 4.69) is 0 Å². The fraction of sp³-hybridized carbons (Fsp3) is 0.296. The van der Waals surface area contributed by atoms with Crippen LogP contribution in [0.5, 0.6) is 0 Å². The van der Waals surface area contributed by atoms with Crippen LogP contribution in [0.15, 0.2) is 95.9 Å². The number of rotatable bonds is 9. The topological polar surface area (TPSA) is 63.2 Å². The van der Waals surface area contributed by atoms with Crippen molar-refractivity contribution in [3.05, 3.63) is 102 Å². The van der Waals surface area contributed by atoms with Crippen LogP contribution in [0.3, 0.4) is 0 Å². The first kappa shape index (κ1) is 22.9. The Balaban J connectivity index is 1.33. The molecule has 0 N–H and O–H groups in total. The van der Waals surface area contributed by atoms with Crippen LogP contribution in [0.25, 0.3) is 0 Å². The normalized spacial score (nSPS) is 25.9. The standard InChI is InChI=1S/C27H26O6S/c28-27-32-24-23(30-17-20-12-6-2-7-13-20)22(18-29-16-19-10-4-1-5-11-19)31-26(25(24)33-27)34-21-14-8-3-9-15-21/h1-15,22-26H,16-18H2/t22-,23-,24+,25-,26+/m1/s1. The lowest BCUT2D eigenvalue weighted by atomic mass is 10.00. The minimum atomic E-state index is -0.698. The highest BCUT2D eigenvalue weighted by Gasteiger charge is 2.55. The lowest BCUT2D eigenvalue weighted by Gasteiger charge is -2.40. The summed E-state index contributed by atoms with van der Waals surface area (Å²) >= 11 is 1.50. The Bertz CT molecular complexity index is 1050. The van der Waals surface area contributed by atoms with Crippen LogP contribution in [0.2, 0.25) is 0 Å². The van der Waals surface area contributed by atoms with E-state index in [1.165, 1.54) is 11.8 Å². The molecule has 2 aliphatic heterocycles. The molecule has 5 atom stereocenters. The van der Waals surface area contributed by atoms with Gasteiger partial charge in [-0.2, -0.15) is 0 Å². The van der Waals surface area contributed by atoms with Crippen molar-refractivity contribution in [2.75, 3.05) is 6.61 Å². The number of benzene rings is 3. The van der Waals surface area contributed by atoms with E-state index >= 15 is 0 Å². The van der Waals surface area contributed by atoms with Crippen molar-refractivity contribution in [3.63, 3.8) is 0 Å². The van der Waals surface area contributed by atoms with E-state index in [4.69, 9.17) is 23.7 Å². The maximum Gasteiger partial charge on any atom is 0.509 e. The molecule has 176 valence electrons. The second-order valence-corrected chi connectivity index (χ2v) is 9.32. The molecule has 6 nitrogen and oxygen atoms in total. The van der Waals surface area contributed by atoms with Crippen molar-refractivity contribution in [2.45, 2.75) is 48.0 Å². The van der Waals surface area contributed by atoms with Crippen LogP contribution >= 0.6 is 11.8 Å². The summed E-state index contributed by atoms with van der Waals surface area (Å²) in [6.07, 6.45) is -2.83. The van der Waals surface area contributed by atoms with Gasteiger partial charge in [0.2, 0.25) is 0 Å². The van der Waals surface area contributed by atoms with Gasteiger partial charge in [-0.15, -0.1) is 0 Å². The van der Waals surface area contributed by atoms with E-state index in [1.54, 1.807) is 0 Å². The largest absolute Gasteiger partial charge is 0.509 e. The molecule has 2 heterocycles. The second kappa shape index (κ2) is 11.1. The smallest absolute Gasteiger partial charge is 0.424 e. The van der Waals surface area contributed by atoms with Crippen molar-refractivity contribution in [1.29, 1.82) is 0 Å². The van der Waals surface area contributed by atoms with Crippen LogP contribution in [-0.4, -0.2) is 42.6 Å². The van der Waals surface area contributed by atoms with Gasteiger partial charge >= 0.3 is 6.16 Å². The minimum absolute atomic E-state index is 0.293. The van der Waals surface area contributed by atoms with Gasteiger partial charge in [-0.25, -0.2) is 4.79 Å². The lowest BCUT2D eigenvalue weighted by molar-refractivity contribution is -0.199. The third-order valence-corrected chi connectivity index (χ3v) is 6.89. The summed E-state index contributed by atoms with van der Waals surface area (Å²) in [5, 5.41) is 0. The summed E-state index contributed by atoms with van der Waals surface area (Å²) < 4.78 is 29.9. The molecule has 0 saturated carbocycles. The van der Waals surface area contributed by atoms with Gasteiger partial charge < -0.3 is 23.7 Å². The fourth-order valence-electron chi connectivity index (χ4n) is 4.09. The maximum atomic E-state index is 12.1. The lowest BCUT2D eigenvalue weighted by Crippen LogP contribution is -2.57. The van der Waals surface area contributed by atoms with Crippen LogP contribution in [0, 0.1) is 0 Å². The van der Waals surface area contributed by atoms with Crippen molar-refractivity contribution >= 4 is 17.9 Å². The summed E-state index contributed by atoms with van der Waals surface area (Å²) in [7, 11) is 0. The molecule has 3 aromatic carbocycles. The highest BCUT2D eigenvalue weighted by molar-refractivity contribution is 7.99. The third-order valence-electron chi connectivity index (χ3n) is 5.73. The highest BCUT2D eigenvalue weighted by Crippen LogP contribution is 2.40. The van der Waals surface area contributed by atoms with Crippen LogP contribution in [0.4, 0.5) is 4.79 Å². The van der Waals surface area contributed by atoms with Crippen LogP contribution in [0.1, 0.15) is 11.1 Å². The quantitative estimate of drug-likeness (QED) is 0.391. The zero-order valence-electron chi connectivity index (χ0n) is 18.5. The van der Waals surface area contributed by atoms with Crippen molar-refractivity contribution in [1.82, 2.24) is 0 Å². The Morgan fingerprint density at radius 1 is 0.735 bits per heavy atom. The first-order valence-electron chi connectivity index (χ1n) is 11.3. The van der Waals surface area contributed by atoms with Crippen LogP contribution < -0.4 is 0 Å². The van der Waals surface area contributed by atoms with Gasteiger partial charge in [-0.1, -0.05) is 90.6 Å². The molecule has 34 heavy (non-hydrogen) atoms. The number of hydrogen-bond acceptors (Lipinski definition) is 7. The molecule has 2 fully saturated rings. The average molecular weight is 479 g/mol. The van der Waals surface area contributed by atoms with Crippen molar-refractivity contribution < 1.29 is 28.5 Å². The number of carbonyl (C=O) groups excluding carboxylic acids is 1. The monoisotopic (exact) mass is 478 g/mol. The highest BCUT2D eigenvalue weighted by atomic mass is 32.2. The van der Waals surface area contributed by atoms with E-state index in [0.29, 0.717) is 19.8 Å². The summed E-state index contributed by atoms with van der Waals surface area (Å²) in [5.74, 6) is 0. The van der Waals surface area contributed by atoms with E-state index in [-0.39, 0.29) is 0 Å². The zero-order chi connectivity index (χ0) is 23.2. The average Bonchev–Trinajstić information content (AvgIpc) is 3.27. The van der Waals surface area contributed by atoms with E-state index in [0.717, 1.165) is 16.0 Å². The summed E-state index contributed by atoms with van der Waals surface area (Å²) in [4.78, 5) is 13.2. The first-order chi connectivity index (χ1) is 16.8. The molecule has 0 aromatic heterocycles. The van der Waals surface area contributed by atoms with Gasteiger partial charge in [-0.3, -0.25) is 0 Å². The molecular formula is C27H26O6S. The predicted molar refractivity (Wildman–Crippen MR) is 127 cm³/mol. The van der Waals surface area contributed by atoms with Gasteiger partial charge in [0.15, 0.2) is 12.2 Å². The molecule has 2 aliphatic rings. The first-order valence-corrected chi connectivity index (χ1v) is 12.2. The molecule has 0 unspecified atom stereocenters. The van der Waals surface area contributed by atoms with E-state index in [1.807, 2.05) is 91.0 Å².